The van der Waals surface area contributed by atoms with Crippen molar-refractivity contribution in [3.63, 3.8) is 0 Å². The molecule has 0 atom stereocenters. The van der Waals surface area contributed by atoms with Crippen LogP contribution >= 0.6 is 34.8 Å². The Morgan fingerprint density at radius 2 is 1.70 bits per heavy atom. The molecule has 2 amide bonds. The molecule has 0 saturated heterocycles. The normalized spacial score (nSPS) is 10.3. The van der Waals surface area contributed by atoms with Crippen molar-refractivity contribution in [1.29, 1.82) is 0 Å². The predicted molar refractivity (Wildman–Crippen MR) is 105 cm³/mol. The number of rotatable bonds is 6. The van der Waals surface area contributed by atoms with E-state index >= 15 is 0 Å². The molecule has 0 bridgehead atoms. The van der Waals surface area contributed by atoms with E-state index in [1.807, 2.05) is 6.92 Å². The van der Waals surface area contributed by atoms with Gasteiger partial charge in [0.15, 0.2) is 11.5 Å². The molecule has 2 aromatic carbocycles. The molecule has 0 unspecified atom stereocenters. The summed E-state index contributed by atoms with van der Waals surface area (Å²) in [7, 11) is 1.44. The highest BCUT2D eigenvalue weighted by molar-refractivity contribution is 6.35. The minimum Gasteiger partial charge on any atom is -0.493 e. The fourth-order valence-electron chi connectivity index (χ4n) is 2.12. The van der Waals surface area contributed by atoms with Crippen molar-refractivity contribution in [3.05, 3.63) is 56.5 Å². The van der Waals surface area contributed by atoms with Gasteiger partial charge in [0.25, 0.3) is 11.8 Å². The summed E-state index contributed by atoms with van der Waals surface area (Å²) in [5, 5.41) is 0.764. The molecule has 0 spiro atoms. The highest BCUT2D eigenvalue weighted by Gasteiger charge is 2.17. The van der Waals surface area contributed by atoms with Gasteiger partial charge in [-0.25, -0.2) is 0 Å². The van der Waals surface area contributed by atoms with Crippen LogP contribution in [0.1, 0.15) is 34.1 Å². The maximum absolute atomic E-state index is 12.3. The number of hydrogen-bond donors (Lipinski definition) is 2. The van der Waals surface area contributed by atoms with Crippen LogP contribution in [0.4, 0.5) is 0 Å². The lowest BCUT2D eigenvalue weighted by Gasteiger charge is -2.14. The molecule has 27 heavy (non-hydrogen) atoms. The summed E-state index contributed by atoms with van der Waals surface area (Å²) in [4.78, 5) is 24.5. The number of benzene rings is 2. The van der Waals surface area contributed by atoms with Crippen molar-refractivity contribution in [1.82, 2.24) is 10.9 Å². The van der Waals surface area contributed by atoms with Gasteiger partial charge in [0.2, 0.25) is 0 Å². The first-order chi connectivity index (χ1) is 12.9. The van der Waals surface area contributed by atoms with Crippen LogP contribution in [0.25, 0.3) is 0 Å². The molecule has 0 radical (unpaired) electrons. The lowest BCUT2D eigenvalue weighted by atomic mass is 10.2. The Morgan fingerprint density at radius 3 is 2.37 bits per heavy atom. The molecule has 0 heterocycles. The fraction of sp³-hybridized carbons (Fsp3) is 0.222. The first-order valence-electron chi connectivity index (χ1n) is 7.93. The van der Waals surface area contributed by atoms with E-state index in [2.05, 4.69) is 10.9 Å². The molecule has 0 saturated carbocycles. The second-order valence-electron chi connectivity index (χ2n) is 5.37. The molecule has 2 rings (SSSR count). The number of carbonyl (C=O) groups is 2. The molecule has 2 N–H and O–H groups in total. The van der Waals surface area contributed by atoms with E-state index in [4.69, 9.17) is 44.3 Å². The predicted octanol–water partition coefficient (Wildman–Crippen LogP) is 4.52. The summed E-state index contributed by atoms with van der Waals surface area (Å²) >= 11 is 18.0. The van der Waals surface area contributed by atoms with Crippen LogP contribution in [0.3, 0.4) is 0 Å². The maximum atomic E-state index is 12.3. The second-order valence-corrected chi connectivity index (χ2v) is 6.62. The molecule has 144 valence electrons. The van der Waals surface area contributed by atoms with E-state index in [1.54, 1.807) is 6.07 Å². The largest absolute Gasteiger partial charge is 0.493 e. The maximum Gasteiger partial charge on any atom is 0.271 e. The van der Waals surface area contributed by atoms with Crippen LogP contribution in [0.5, 0.6) is 11.5 Å². The first kappa shape index (κ1) is 21.2. The summed E-state index contributed by atoms with van der Waals surface area (Å²) in [6.45, 7) is 2.41. The SMILES string of the molecule is CCCOc1c(Cl)cc(C(=O)NNC(=O)c2cc(Cl)ccc2Cl)cc1OC. The molecule has 9 heteroatoms. The Balaban J connectivity index is 2.12. The molecule has 0 aliphatic heterocycles. The third-order valence-electron chi connectivity index (χ3n) is 3.40. The van der Waals surface area contributed by atoms with Crippen LogP contribution in [0.15, 0.2) is 30.3 Å². The van der Waals surface area contributed by atoms with Gasteiger partial charge < -0.3 is 9.47 Å². The van der Waals surface area contributed by atoms with E-state index in [-0.39, 0.29) is 21.2 Å². The van der Waals surface area contributed by atoms with Gasteiger partial charge in [-0.2, -0.15) is 0 Å². The van der Waals surface area contributed by atoms with Gasteiger partial charge in [-0.1, -0.05) is 41.7 Å². The molecule has 6 nitrogen and oxygen atoms in total. The zero-order valence-electron chi connectivity index (χ0n) is 14.6. The van der Waals surface area contributed by atoms with Gasteiger partial charge in [-0.15, -0.1) is 0 Å². The summed E-state index contributed by atoms with van der Waals surface area (Å²) in [5.74, 6) is -0.543. The number of hydrogen-bond acceptors (Lipinski definition) is 4. The minimum absolute atomic E-state index is 0.128. The Hall–Kier alpha value is -2.15. The average Bonchev–Trinajstić information content (AvgIpc) is 2.66. The van der Waals surface area contributed by atoms with Crippen LogP contribution < -0.4 is 20.3 Å². The molecule has 0 aromatic heterocycles. The smallest absolute Gasteiger partial charge is 0.271 e. The quantitative estimate of drug-likeness (QED) is 0.659. The number of halogens is 3. The van der Waals surface area contributed by atoms with Crippen LogP contribution in [0, 0.1) is 0 Å². The highest BCUT2D eigenvalue weighted by atomic mass is 35.5. The zero-order chi connectivity index (χ0) is 20.0. The van der Waals surface area contributed by atoms with E-state index in [1.165, 1.54) is 31.4 Å². The second kappa shape index (κ2) is 9.69. The Labute approximate surface area is 171 Å². The van der Waals surface area contributed by atoms with E-state index < -0.39 is 11.8 Å². The molecule has 0 fully saturated rings. The van der Waals surface area contributed by atoms with Crippen molar-refractivity contribution < 1.29 is 19.1 Å². The molecular weight excluding hydrogens is 415 g/mol. The number of carbonyl (C=O) groups excluding carboxylic acids is 2. The molecule has 0 aliphatic rings. The van der Waals surface area contributed by atoms with Gasteiger partial charge >= 0.3 is 0 Å². The first-order valence-corrected chi connectivity index (χ1v) is 9.06. The van der Waals surface area contributed by atoms with E-state index in [0.29, 0.717) is 23.1 Å². The van der Waals surface area contributed by atoms with Crippen LogP contribution in [-0.2, 0) is 0 Å². The monoisotopic (exact) mass is 430 g/mol. The number of amides is 2. The molecular formula is C18H17Cl3N2O4. The Bertz CT molecular complexity index is 859. The van der Waals surface area contributed by atoms with E-state index in [9.17, 15) is 9.59 Å². The van der Waals surface area contributed by atoms with Crippen LogP contribution in [0.2, 0.25) is 15.1 Å². The summed E-state index contributed by atoms with van der Waals surface area (Å²) in [6, 6.07) is 7.31. The number of nitrogens with one attached hydrogen (secondary N) is 2. The van der Waals surface area contributed by atoms with Crippen LogP contribution in [-0.4, -0.2) is 25.5 Å². The summed E-state index contributed by atoms with van der Waals surface area (Å²) < 4.78 is 10.8. The fourth-order valence-corrected chi connectivity index (χ4v) is 2.76. The van der Waals surface area contributed by atoms with Crippen molar-refractivity contribution >= 4 is 46.6 Å². The standard InChI is InChI=1S/C18H17Cl3N2O4/c1-3-6-27-16-14(21)7-10(8-15(16)26-2)17(24)22-23-18(25)12-9-11(19)4-5-13(12)20/h4-5,7-9H,3,6H2,1-2H3,(H,22,24)(H,23,25). The zero-order valence-corrected chi connectivity index (χ0v) is 16.8. The van der Waals surface area contributed by atoms with Crippen molar-refractivity contribution in [2.75, 3.05) is 13.7 Å². The summed E-state index contributed by atoms with van der Waals surface area (Å²) in [5.41, 5.74) is 4.87. The third kappa shape index (κ3) is 5.42. The lowest BCUT2D eigenvalue weighted by Crippen LogP contribution is -2.41. The van der Waals surface area contributed by atoms with E-state index in [0.717, 1.165) is 6.42 Å². The van der Waals surface area contributed by atoms with Gasteiger partial charge in [-0.05, 0) is 36.8 Å². The average molecular weight is 432 g/mol. The Morgan fingerprint density at radius 1 is 1.00 bits per heavy atom. The van der Waals surface area contributed by atoms with Gasteiger partial charge in [0.05, 0.1) is 29.3 Å². The third-order valence-corrected chi connectivity index (χ3v) is 4.25. The number of hydrazine groups is 1. The van der Waals surface area contributed by atoms with Gasteiger partial charge in [-0.3, -0.25) is 20.4 Å². The Kier molecular flexibility index (Phi) is 7.59. The topological polar surface area (TPSA) is 76.7 Å². The number of ether oxygens (including phenoxy) is 2. The lowest BCUT2D eigenvalue weighted by molar-refractivity contribution is 0.0846. The number of methoxy groups -OCH3 is 1. The molecule has 0 aliphatic carbocycles. The van der Waals surface area contributed by atoms with Crippen molar-refractivity contribution in [2.45, 2.75) is 13.3 Å². The van der Waals surface area contributed by atoms with Gasteiger partial charge in [0.1, 0.15) is 0 Å². The highest BCUT2D eigenvalue weighted by Crippen LogP contribution is 2.36. The minimum atomic E-state index is -0.614. The van der Waals surface area contributed by atoms with Crippen molar-refractivity contribution in [2.24, 2.45) is 0 Å². The van der Waals surface area contributed by atoms with Gasteiger partial charge in [0, 0.05) is 10.6 Å². The summed E-state index contributed by atoms with van der Waals surface area (Å²) in [6.07, 6.45) is 0.791. The van der Waals surface area contributed by atoms with Crippen molar-refractivity contribution in [3.8, 4) is 11.5 Å². The molecule has 2 aromatic rings.